The fourth-order valence-corrected chi connectivity index (χ4v) is 5.08. The first-order valence-electron chi connectivity index (χ1n) is 13.9. The summed E-state index contributed by atoms with van der Waals surface area (Å²) in [6.45, 7) is 5.21. The predicted molar refractivity (Wildman–Crippen MR) is 163 cm³/mol. The Morgan fingerprint density at radius 1 is 0.682 bits per heavy atom. The first-order valence-corrected chi connectivity index (χ1v) is 13.9. The number of nitrogens with two attached hydrogens (primary N) is 1. The highest BCUT2D eigenvalue weighted by atomic mass is 16.6. The molecular weight excluding hydrogens is 560 g/mol. The molecule has 6 rings (SSSR count). The zero-order chi connectivity index (χ0) is 31.8. The third-order valence-electron chi connectivity index (χ3n) is 7.11. The number of carbonyl (C=O) groups is 5. The number of fused-ring (bicyclic) bond motifs is 4. The van der Waals surface area contributed by atoms with Crippen LogP contribution < -0.4 is 11.1 Å². The normalized spacial score (nSPS) is 13.8. The molecule has 0 radical (unpaired) electrons. The number of hydrogen-bond donors (Lipinski definition) is 3. The van der Waals surface area contributed by atoms with Gasteiger partial charge in [0.15, 0.2) is 23.1 Å². The summed E-state index contributed by atoms with van der Waals surface area (Å²) in [4.78, 5) is 62.0. The van der Waals surface area contributed by atoms with Crippen LogP contribution in [0.4, 0.5) is 5.69 Å². The Kier molecular flexibility index (Phi) is 7.99. The molecule has 2 aliphatic rings. The lowest BCUT2D eigenvalue weighted by molar-refractivity contribution is -0.156. The summed E-state index contributed by atoms with van der Waals surface area (Å²) < 4.78 is 5.24. The third kappa shape index (κ3) is 5.65. The van der Waals surface area contributed by atoms with Gasteiger partial charge in [-0.25, -0.2) is 0 Å². The molecule has 0 aliphatic heterocycles. The first kappa shape index (κ1) is 30.1. The Hall–Kier alpha value is -5.41. The van der Waals surface area contributed by atoms with Gasteiger partial charge in [0.2, 0.25) is 0 Å². The van der Waals surface area contributed by atoms with Gasteiger partial charge in [0.1, 0.15) is 17.4 Å². The zero-order valence-corrected chi connectivity index (χ0v) is 24.3. The van der Waals surface area contributed by atoms with Crippen LogP contribution in [0.5, 0.6) is 5.75 Å². The molecule has 222 valence electrons. The number of hydrogen-bond acceptors (Lipinski definition) is 9. The molecule has 4 aromatic rings. The molecule has 1 atom stereocenters. The standard InChI is InChI=1S/C21H22N2O5.C14H8O2/c1-21(2,3)28-20(27)13(22)10-23-14-8-9-15(24)17-16(14)18(25)11-6-4-5-7-12(11)19(17)26;15-13-9-5-1-2-6-10(9)14(16)12-8-4-3-7-11(12)13/h4-9,13,23-24H,10,22H2,1-3H3;1-8H. The Labute approximate surface area is 253 Å². The molecule has 4 N–H and O–H groups in total. The molecule has 9 heteroatoms. The van der Waals surface area contributed by atoms with Crippen molar-refractivity contribution >= 4 is 34.8 Å². The maximum Gasteiger partial charge on any atom is 0.325 e. The minimum Gasteiger partial charge on any atom is -0.507 e. The summed E-state index contributed by atoms with van der Waals surface area (Å²) in [5, 5.41) is 13.1. The third-order valence-corrected chi connectivity index (χ3v) is 7.11. The Balaban J connectivity index is 0.000000201. The van der Waals surface area contributed by atoms with E-state index in [0.29, 0.717) is 27.9 Å². The molecule has 0 spiro atoms. The fraction of sp³-hybridized carbons (Fsp3) is 0.171. The van der Waals surface area contributed by atoms with Crippen LogP contribution >= 0.6 is 0 Å². The zero-order valence-electron chi connectivity index (χ0n) is 24.3. The second-order valence-corrected chi connectivity index (χ2v) is 11.4. The summed E-state index contributed by atoms with van der Waals surface area (Å²) in [5.41, 5.74) is 8.08. The van der Waals surface area contributed by atoms with Crippen molar-refractivity contribution in [1.29, 1.82) is 0 Å². The number of phenols is 1. The Bertz CT molecular complexity index is 1750. The molecule has 9 nitrogen and oxygen atoms in total. The maximum atomic E-state index is 13.0. The molecular formula is C35H30N2O7. The molecule has 0 aromatic heterocycles. The van der Waals surface area contributed by atoms with Crippen LogP contribution in [0.15, 0.2) is 84.9 Å². The van der Waals surface area contributed by atoms with Crippen molar-refractivity contribution in [3.63, 3.8) is 0 Å². The number of esters is 1. The van der Waals surface area contributed by atoms with Crippen LogP contribution in [-0.2, 0) is 9.53 Å². The van der Waals surface area contributed by atoms with Gasteiger partial charge in [-0.2, -0.15) is 0 Å². The quantitative estimate of drug-likeness (QED) is 0.196. The van der Waals surface area contributed by atoms with Crippen molar-refractivity contribution in [3.05, 3.63) is 129 Å². The van der Waals surface area contributed by atoms with E-state index >= 15 is 0 Å². The van der Waals surface area contributed by atoms with Gasteiger partial charge in [-0.15, -0.1) is 0 Å². The molecule has 4 aromatic carbocycles. The van der Waals surface area contributed by atoms with Gasteiger partial charge in [-0.05, 0) is 32.9 Å². The molecule has 0 saturated carbocycles. The van der Waals surface area contributed by atoms with Crippen LogP contribution in [0.2, 0.25) is 0 Å². The van der Waals surface area contributed by atoms with Gasteiger partial charge >= 0.3 is 5.97 Å². The average molecular weight is 591 g/mol. The van der Waals surface area contributed by atoms with Crippen LogP contribution in [0, 0.1) is 0 Å². The van der Waals surface area contributed by atoms with Gasteiger partial charge in [0, 0.05) is 45.6 Å². The van der Waals surface area contributed by atoms with E-state index in [0.717, 1.165) is 0 Å². The topological polar surface area (TPSA) is 153 Å². The smallest absolute Gasteiger partial charge is 0.325 e. The molecule has 0 fully saturated rings. The van der Waals surface area contributed by atoms with E-state index < -0.39 is 23.4 Å². The van der Waals surface area contributed by atoms with Gasteiger partial charge in [0.25, 0.3) is 0 Å². The summed E-state index contributed by atoms with van der Waals surface area (Å²) >= 11 is 0. The van der Waals surface area contributed by atoms with Crippen molar-refractivity contribution in [2.45, 2.75) is 32.4 Å². The number of phenolic OH excluding ortho intramolecular Hbond substituents is 1. The number of ketones is 4. The number of benzene rings is 4. The van der Waals surface area contributed by atoms with Crippen LogP contribution in [0.1, 0.15) is 84.5 Å². The molecule has 0 saturated heterocycles. The van der Waals surface area contributed by atoms with Gasteiger partial charge in [-0.1, -0.05) is 72.8 Å². The van der Waals surface area contributed by atoms with Gasteiger partial charge < -0.3 is 20.9 Å². The van der Waals surface area contributed by atoms with E-state index in [9.17, 15) is 29.1 Å². The number of rotatable bonds is 4. The first-order chi connectivity index (χ1) is 20.9. The highest BCUT2D eigenvalue weighted by Crippen LogP contribution is 2.37. The van der Waals surface area contributed by atoms with Crippen molar-refractivity contribution < 1.29 is 33.8 Å². The van der Waals surface area contributed by atoms with E-state index in [1.54, 1.807) is 93.6 Å². The number of anilines is 1. The number of aromatic hydroxyl groups is 1. The van der Waals surface area contributed by atoms with Crippen LogP contribution in [-0.4, -0.2) is 52.4 Å². The fourth-order valence-electron chi connectivity index (χ4n) is 5.08. The van der Waals surface area contributed by atoms with E-state index in [4.69, 9.17) is 10.5 Å². The lowest BCUT2D eigenvalue weighted by atomic mass is 9.82. The van der Waals surface area contributed by atoms with Crippen molar-refractivity contribution in [2.24, 2.45) is 5.73 Å². The lowest BCUT2D eigenvalue weighted by Gasteiger charge is -2.24. The van der Waals surface area contributed by atoms with E-state index in [1.165, 1.54) is 12.1 Å². The minimum absolute atomic E-state index is 0.00472. The number of ether oxygens (including phenoxy) is 1. The minimum atomic E-state index is -0.967. The second kappa shape index (κ2) is 11.7. The second-order valence-electron chi connectivity index (χ2n) is 11.4. The van der Waals surface area contributed by atoms with Gasteiger partial charge in [-0.3, -0.25) is 24.0 Å². The van der Waals surface area contributed by atoms with E-state index in [-0.39, 0.29) is 51.9 Å². The molecule has 44 heavy (non-hydrogen) atoms. The summed E-state index contributed by atoms with van der Waals surface area (Å²) in [6.07, 6.45) is 0. The largest absolute Gasteiger partial charge is 0.507 e. The Morgan fingerprint density at radius 3 is 1.48 bits per heavy atom. The molecule has 2 aliphatic carbocycles. The van der Waals surface area contributed by atoms with Gasteiger partial charge in [0.05, 0.1) is 11.1 Å². The highest BCUT2D eigenvalue weighted by Gasteiger charge is 2.34. The number of carbonyl (C=O) groups excluding carboxylic acids is 5. The van der Waals surface area contributed by atoms with Crippen LogP contribution in [0.25, 0.3) is 0 Å². The predicted octanol–water partition coefficient (Wildman–Crippen LogP) is 4.71. The van der Waals surface area contributed by atoms with Crippen molar-refractivity contribution in [1.82, 2.24) is 0 Å². The van der Waals surface area contributed by atoms with Crippen molar-refractivity contribution in [2.75, 3.05) is 11.9 Å². The summed E-state index contributed by atoms with van der Waals surface area (Å²) in [6, 6.07) is 22.2. The molecule has 0 amide bonds. The summed E-state index contributed by atoms with van der Waals surface area (Å²) in [5.74, 6) is -1.79. The SMILES string of the molecule is CC(C)(C)OC(=O)C(N)CNc1ccc(O)c2c1C(=O)c1ccccc1C2=O.O=C1c2ccccc2C(=O)c2ccccc21. The maximum absolute atomic E-state index is 13.0. The lowest BCUT2D eigenvalue weighted by Crippen LogP contribution is -2.42. The number of nitrogens with one attached hydrogen (secondary N) is 1. The highest BCUT2D eigenvalue weighted by molar-refractivity contribution is 6.31. The van der Waals surface area contributed by atoms with Crippen molar-refractivity contribution in [3.8, 4) is 5.75 Å². The summed E-state index contributed by atoms with van der Waals surface area (Å²) in [7, 11) is 0. The Morgan fingerprint density at radius 2 is 1.07 bits per heavy atom. The molecule has 1 unspecified atom stereocenters. The average Bonchev–Trinajstić information content (AvgIpc) is 3.01. The monoisotopic (exact) mass is 590 g/mol. The van der Waals surface area contributed by atoms with Crippen LogP contribution in [0.3, 0.4) is 0 Å². The van der Waals surface area contributed by atoms with E-state index in [1.807, 2.05) is 0 Å². The van der Waals surface area contributed by atoms with E-state index in [2.05, 4.69) is 5.32 Å². The molecule has 0 bridgehead atoms. The molecule has 0 heterocycles.